The Morgan fingerprint density at radius 2 is 1.84 bits per heavy atom. The van der Waals surface area contributed by atoms with E-state index in [1.54, 1.807) is 10.9 Å². The summed E-state index contributed by atoms with van der Waals surface area (Å²) in [7, 11) is -0.409. The third-order valence-electron chi connectivity index (χ3n) is 4.50. The van der Waals surface area contributed by atoms with Crippen molar-refractivity contribution in [2.24, 2.45) is 0 Å². The summed E-state index contributed by atoms with van der Waals surface area (Å²) < 4.78 is 13.7. The van der Waals surface area contributed by atoms with Gasteiger partial charge in [0, 0.05) is 17.9 Å². The van der Waals surface area contributed by atoms with Crippen molar-refractivity contribution < 1.29 is 9.31 Å². The lowest BCUT2D eigenvalue weighted by Crippen LogP contribution is -2.41. The number of nitrogens with zero attached hydrogens (tertiary/aromatic N) is 3. The van der Waals surface area contributed by atoms with Crippen LogP contribution in [0.5, 0.6) is 0 Å². The molecule has 1 aromatic rings. The third kappa shape index (κ3) is 1.80. The second kappa shape index (κ2) is 3.62. The SMILES string of the molecule is CC1(C)OB(c2cnn(C3(C#N)CC3)c2)OC1(C)C. The highest BCUT2D eigenvalue weighted by Crippen LogP contribution is 2.42. The zero-order chi connectivity index (χ0) is 13.9. The van der Waals surface area contributed by atoms with Crippen LogP contribution in [-0.4, -0.2) is 28.1 Å². The van der Waals surface area contributed by atoms with E-state index in [0.717, 1.165) is 18.3 Å². The summed E-state index contributed by atoms with van der Waals surface area (Å²) in [6.07, 6.45) is 5.35. The monoisotopic (exact) mass is 259 g/mol. The Morgan fingerprint density at radius 3 is 2.32 bits per heavy atom. The van der Waals surface area contributed by atoms with Gasteiger partial charge in [0.05, 0.1) is 17.3 Å². The molecule has 1 aromatic heterocycles. The van der Waals surface area contributed by atoms with Gasteiger partial charge < -0.3 is 9.31 Å². The highest BCUT2D eigenvalue weighted by Gasteiger charge is 2.53. The van der Waals surface area contributed by atoms with Crippen LogP contribution in [0, 0.1) is 11.3 Å². The fourth-order valence-electron chi connectivity index (χ4n) is 2.18. The molecular weight excluding hydrogens is 241 g/mol. The molecule has 0 N–H and O–H groups in total. The van der Waals surface area contributed by atoms with Gasteiger partial charge in [-0.25, -0.2) is 0 Å². The van der Waals surface area contributed by atoms with Gasteiger partial charge in [-0.05, 0) is 40.5 Å². The van der Waals surface area contributed by atoms with E-state index in [0.29, 0.717) is 0 Å². The molecule has 1 saturated carbocycles. The molecule has 2 aliphatic rings. The summed E-state index contributed by atoms with van der Waals surface area (Å²) in [5.74, 6) is 0. The van der Waals surface area contributed by atoms with Gasteiger partial charge in [0.15, 0.2) is 0 Å². The molecule has 1 aliphatic carbocycles. The van der Waals surface area contributed by atoms with Gasteiger partial charge in [0.2, 0.25) is 0 Å². The maximum absolute atomic E-state index is 9.18. The van der Waals surface area contributed by atoms with Gasteiger partial charge in [-0.1, -0.05) is 0 Å². The summed E-state index contributed by atoms with van der Waals surface area (Å²) in [4.78, 5) is 0. The van der Waals surface area contributed by atoms with Crippen molar-refractivity contribution in [3.8, 4) is 6.07 Å². The van der Waals surface area contributed by atoms with Crippen LogP contribution in [0.15, 0.2) is 12.4 Å². The van der Waals surface area contributed by atoms with Crippen molar-refractivity contribution in [3.63, 3.8) is 0 Å². The first kappa shape index (κ1) is 12.7. The van der Waals surface area contributed by atoms with Crippen LogP contribution in [0.25, 0.3) is 0 Å². The van der Waals surface area contributed by atoms with Gasteiger partial charge in [-0.3, -0.25) is 4.68 Å². The number of rotatable bonds is 2. The summed E-state index contributed by atoms with van der Waals surface area (Å²) >= 11 is 0. The molecule has 0 amide bonds. The molecule has 1 aliphatic heterocycles. The standard InChI is InChI=1S/C13H18BN3O2/c1-11(2)12(3,4)19-14(18-11)10-7-16-17(8-10)13(9-15)5-6-13/h7-8H,5-6H2,1-4H3. The normalized spacial score (nSPS) is 26.2. The Hall–Kier alpha value is -1.32. The number of nitriles is 1. The van der Waals surface area contributed by atoms with Crippen LogP contribution in [-0.2, 0) is 14.8 Å². The molecule has 0 spiro atoms. The molecule has 3 rings (SSSR count). The van der Waals surface area contributed by atoms with E-state index in [4.69, 9.17) is 9.31 Å². The van der Waals surface area contributed by atoms with Gasteiger partial charge in [-0.15, -0.1) is 0 Å². The quantitative estimate of drug-likeness (QED) is 0.748. The molecule has 1 saturated heterocycles. The Kier molecular flexibility index (Phi) is 2.42. The van der Waals surface area contributed by atoms with Crippen molar-refractivity contribution in [2.75, 3.05) is 0 Å². The first-order valence-corrected chi connectivity index (χ1v) is 6.62. The Morgan fingerprint density at radius 1 is 1.26 bits per heavy atom. The topological polar surface area (TPSA) is 60.1 Å². The Labute approximate surface area is 113 Å². The Balaban J connectivity index is 1.84. The first-order chi connectivity index (χ1) is 8.80. The second-order valence-corrected chi connectivity index (χ2v) is 6.45. The fourth-order valence-corrected chi connectivity index (χ4v) is 2.18. The van der Waals surface area contributed by atoms with E-state index in [1.807, 2.05) is 33.9 Å². The van der Waals surface area contributed by atoms with Crippen LogP contribution in [0.4, 0.5) is 0 Å². The van der Waals surface area contributed by atoms with Crippen molar-refractivity contribution in [2.45, 2.75) is 57.3 Å². The highest BCUT2D eigenvalue weighted by atomic mass is 16.7. The maximum atomic E-state index is 9.18. The molecule has 0 unspecified atom stereocenters. The van der Waals surface area contributed by atoms with Crippen molar-refractivity contribution in [1.29, 1.82) is 5.26 Å². The van der Waals surface area contributed by atoms with Crippen molar-refractivity contribution >= 4 is 12.6 Å². The molecule has 0 bridgehead atoms. The molecule has 100 valence electrons. The lowest BCUT2D eigenvalue weighted by atomic mass is 9.82. The molecular formula is C13H18BN3O2. The molecule has 2 heterocycles. The van der Waals surface area contributed by atoms with E-state index < -0.39 is 12.7 Å². The molecule has 2 fully saturated rings. The van der Waals surface area contributed by atoms with E-state index in [-0.39, 0.29) is 11.2 Å². The molecule has 5 nitrogen and oxygen atoms in total. The fraction of sp³-hybridized carbons (Fsp3) is 0.692. The van der Waals surface area contributed by atoms with E-state index in [9.17, 15) is 5.26 Å². The number of hydrogen-bond donors (Lipinski definition) is 0. The zero-order valence-electron chi connectivity index (χ0n) is 11.8. The number of aromatic nitrogens is 2. The minimum atomic E-state index is -0.429. The van der Waals surface area contributed by atoms with Crippen LogP contribution < -0.4 is 5.46 Å². The smallest absolute Gasteiger partial charge is 0.399 e. The first-order valence-electron chi connectivity index (χ1n) is 6.62. The average Bonchev–Trinajstić information content (AvgIpc) is 2.89. The predicted octanol–water partition coefficient (Wildman–Crippen LogP) is 1.19. The molecule has 0 radical (unpaired) electrons. The summed E-state index contributed by atoms with van der Waals surface area (Å²) in [5, 5.41) is 13.5. The third-order valence-corrected chi connectivity index (χ3v) is 4.50. The zero-order valence-corrected chi connectivity index (χ0v) is 11.8. The lowest BCUT2D eigenvalue weighted by Gasteiger charge is -2.32. The number of hydrogen-bond acceptors (Lipinski definition) is 4. The predicted molar refractivity (Wildman–Crippen MR) is 70.8 cm³/mol. The largest absolute Gasteiger partial charge is 0.498 e. The van der Waals surface area contributed by atoms with Crippen LogP contribution >= 0.6 is 0 Å². The van der Waals surface area contributed by atoms with Crippen LogP contribution in [0.3, 0.4) is 0 Å². The van der Waals surface area contributed by atoms with E-state index >= 15 is 0 Å². The van der Waals surface area contributed by atoms with Gasteiger partial charge >= 0.3 is 7.12 Å². The van der Waals surface area contributed by atoms with Crippen LogP contribution in [0.1, 0.15) is 40.5 Å². The lowest BCUT2D eigenvalue weighted by molar-refractivity contribution is 0.00578. The molecule has 0 atom stereocenters. The molecule has 19 heavy (non-hydrogen) atoms. The minimum absolute atomic E-state index is 0.355. The van der Waals surface area contributed by atoms with Gasteiger partial charge in [0.1, 0.15) is 5.54 Å². The van der Waals surface area contributed by atoms with Crippen molar-refractivity contribution in [3.05, 3.63) is 12.4 Å². The molecule has 0 aromatic carbocycles. The second-order valence-electron chi connectivity index (χ2n) is 6.45. The molecule has 6 heteroatoms. The summed E-state index contributed by atoms with van der Waals surface area (Å²) in [6, 6.07) is 2.32. The van der Waals surface area contributed by atoms with Crippen molar-refractivity contribution in [1.82, 2.24) is 9.78 Å². The Bertz CT molecular complexity index is 538. The summed E-state index contributed by atoms with van der Waals surface area (Å²) in [5.41, 5.74) is -0.263. The average molecular weight is 259 g/mol. The highest BCUT2D eigenvalue weighted by molar-refractivity contribution is 6.62. The van der Waals surface area contributed by atoms with E-state index in [1.165, 1.54) is 0 Å². The summed E-state index contributed by atoms with van der Waals surface area (Å²) in [6.45, 7) is 8.09. The van der Waals surface area contributed by atoms with Gasteiger partial charge in [0.25, 0.3) is 0 Å². The van der Waals surface area contributed by atoms with E-state index in [2.05, 4.69) is 11.2 Å². The van der Waals surface area contributed by atoms with Crippen LogP contribution in [0.2, 0.25) is 0 Å². The minimum Gasteiger partial charge on any atom is -0.399 e. The maximum Gasteiger partial charge on any atom is 0.498 e. The van der Waals surface area contributed by atoms with Gasteiger partial charge in [-0.2, -0.15) is 10.4 Å².